The topological polar surface area (TPSA) is 83.9 Å². The standard InChI is InChI=1S/C32H34F2N4O5/c1-41-24-11-12-26(30(19-24)42-2)28-20-29(22-7-9-23(33)10-8-22)38(35-28)31(39)21-37(14-13-36-15-17-43-18-16-36)32(40)25-5-3-4-6-27(25)34/h3-12,19,29H,13-18,20-21H2,1-2H3. The van der Waals surface area contributed by atoms with Gasteiger partial charge in [0, 0.05) is 44.2 Å². The summed E-state index contributed by atoms with van der Waals surface area (Å²) in [5.41, 5.74) is 1.84. The fourth-order valence-corrected chi connectivity index (χ4v) is 5.26. The molecule has 1 unspecified atom stereocenters. The lowest BCUT2D eigenvalue weighted by atomic mass is 9.97. The summed E-state index contributed by atoms with van der Waals surface area (Å²) in [6, 6.07) is 16.4. The predicted octanol–water partition coefficient (Wildman–Crippen LogP) is 4.13. The van der Waals surface area contributed by atoms with Gasteiger partial charge in [-0.1, -0.05) is 24.3 Å². The van der Waals surface area contributed by atoms with Crippen molar-refractivity contribution in [3.05, 3.63) is 95.1 Å². The van der Waals surface area contributed by atoms with Gasteiger partial charge in [0.05, 0.1) is 44.8 Å². The molecule has 0 aromatic heterocycles. The molecule has 0 N–H and O–H groups in total. The number of benzene rings is 3. The number of morpholine rings is 1. The largest absolute Gasteiger partial charge is 0.497 e. The Morgan fingerprint density at radius 2 is 1.74 bits per heavy atom. The van der Waals surface area contributed by atoms with Gasteiger partial charge >= 0.3 is 0 Å². The summed E-state index contributed by atoms with van der Waals surface area (Å²) >= 11 is 0. The van der Waals surface area contributed by atoms with Gasteiger partial charge in [0.1, 0.15) is 29.7 Å². The molecule has 11 heteroatoms. The minimum Gasteiger partial charge on any atom is -0.497 e. The number of nitrogens with zero attached hydrogens (tertiary/aromatic N) is 4. The summed E-state index contributed by atoms with van der Waals surface area (Å²) in [5, 5.41) is 6.04. The molecular formula is C32H34F2N4O5. The molecule has 2 aliphatic heterocycles. The molecule has 0 bridgehead atoms. The molecular weight excluding hydrogens is 558 g/mol. The third kappa shape index (κ3) is 7.00. The number of ether oxygens (including phenoxy) is 3. The van der Waals surface area contributed by atoms with Crippen LogP contribution in [0.25, 0.3) is 0 Å². The third-order valence-corrected chi connectivity index (χ3v) is 7.65. The van der Waals surface area contributed by atoms with Crippen molar-refractivity contribution in [2.24, 2.45) is 5.10 Å². The average molecular weight is 593 g/mol. The van der Waals surface area contributed by atoms with Crippen molar-refractivity contribution in [3.63, 3.8) is 0 Å². The van der Waals surface area contributed by atoms with E-state index in [9.17, 15) is 18.4 Å². The Balaban J connectivity index is 1.45. The van der Waals surface area contributed by atoms with Crippen LogP contribution < -0.4 is 9.47 Å². The van der Waals surface area contributed by atoms with Crippen LogP contribution in [0.5, 0.6) is 11.5 Å². The first-order chi connectivity index (χ1) is 20.9. The second-order valence-corrected chi connectivity index (χ2v) is 10.3. The third-order valence-electron chi connectivity index (χ3n) is 7.65. The van der Waals surface area contributed by atoms with Gasteiger partial charge in [-0.05, 0) is 42.0 Å². The molecule has 226 valence electrons. The average Bonchev–Trinajstić information content (AvgIpc) is 3.49. The molecule has 5 rings (SSSR count). The van der Waals surface area contributed by atoms with E-state index < -0.39 is 29.5 Å². The Labute approximate surface area is 249 Å². The SMILES string of the molecule is COc1ccc(C2=NN(C(=O)CN(CCN3CCOCC3)C(=O)c3ccccc3F)C(c3ccc(F)cc3)C2)c(OC)c1. The number of rotatable bonds is 10. The minimum atomic E-state index is -0.659. The van der Waals surface area contributed by atoms with Gasteiger partial charge in [0.15, 0.2) is 0 Å². The van der Waals surface area contributed by atoms with Gasteiger partial charge in [0.25, 0.3) is 11.8 Å². The number of hydrogen-bond donors (Lipinski definition) is 0. The summed E-state index contributed by atoms with van der Waals surface area (Å²) in [4.78, 5) is 31.1. The normalized spacial score (nSPS) is 17.0. The van der Waals surface area contributed by atoms with E-state index in [0.717, 1.165) is 0 Å². The monoisotopic (exact) mass is 592 g/mol. The Hall–Kier alpha value is -4.35. The maximum atomic E-state index is 14.7. The highest BCUT2D eigenvalue weighted by Crippen LogP contribution is 2.36. The molecule has 9 nitrogen and oxygen atoms in total. The lowest BCUT2D eigenvalue weighted by Gasteiger charge is -2.31. The number of methoxy groups -OCH3 is 2. The predicted molar refractivity (Wildman–Crippen MR) is 156 cm³/mol. The molecule has 2 aliphatic rings. The molecule has 0 spiro atoms. The Morgan fingerprint density at radius 3 is 2.44 bits per heavy atom. The Morgan fingerprint density at radius 1 is 1.00 bits per heavy atom. The molecule has 2 heterocycles. The maximum Gasteiger partial charge on any atom is 0.262 e. The molecule has 43 heavy (non-hydrogen) atoms. The molecule has 1 atom stereocenters. The lowest BCUT2D eigenvalue weighted by molar-refractivity contribution is -0.133. The first kappa shape index (κ1) is 30.1. The van der Waals surface area contributed by atoms with Gasteiger partial charge < -0.3 is 19.1 Å². The van der Waals surface area contributed by atoms with Crippen molar-refractivity contribution in [1.82, 2.24) is 14.8 Å². The van der Waals surface area contributed by atoms with Crippen LogP contribution in [0.1, 0.15) is 33.9 Å². The minimum absolute atomic E-state index is 0.110. The van der Waals surface area contributed by atoms with Crippen molar-refractivity contribution in [2.45, 2.75) is 12.5 Å². The van der Waals surface area contributed by atoms with Gasteiger partial charge in [-0.15, -0.1) is 0 Å². The van der Waals surface area contributed by atoms with Crippen LogP contribution in [0.4, 0.5) is 8.78 Å². The van der Waals surface area contributed by atoms with Crippen LogP contribution in [-0.2, 0) is 9.53 Å². The van der Waals surface area contributed by atoms with Crippen LogP contribution in [-0.4, -0.2) is 92.5 Å². The van der Waals surface area contributed by atoms with Crippen LogP contribution in [0.2, 0.25) is 0 Å². The molecule has 0 radical (unpaired) electrons. The molecule has 0 saturated carbocycles. The second kappa shape index (κ2) is 13.7. The second-order valence-electron chi connectivity index (χ2n) is 10.3. The van der Waals surface area contributed by atoms with Crippen LogP contribution in [0.3, 0.4) is 0 Å². The van der Waals surface area contributed by atoms with E-state index in [0.29, 0.717) is 67.6 Å². The molecule has 3 aromatic carbocycles. The van der Waals surface area contributed by atoms with Gasteiger partial charge in [-0.2, -0.15) is 5.10 Å². The number of carbonyl (C=O) groups excluding carboxylic acids is 2. The van der Waals surface area contributed by atoms with E-state index in [1.807, 2.05) is 6.07 Å². The van der Waals surface area contributed by atoms with Crippen LogP contribution in [0, 0.1) is 11.6 Å². The summed E-state index contributed by atoms with van der Waals surface area (Å²) in [5.74, 6) is -0.977. The van der Waals surface area contributed by atoms with Crippen LogP contribution >= 0.6 is 0 Å². The van der Waals surface area contributed by atoms with Crippen molar-refractivity contribution < 1.29 is 32.6 Å². The molecule has 1 saturated heterocycles. The fraction of sp³-hybridized carbons (Fsp3) is 0.344. The maximum absolute atomic E-state index is 14.7. The van der Waals surface area contributed by atoms with E-state index in [1.165, 1.54) is 47.4 Å². The van der Waals surface area contributed by atoms with Gasteiger partial charge in [-0.3, -0.25) is 14.5 Å². The zero-order valence-corrected chi connectivity index (χ0v) is 24.2. The number of carbonyl (C=O) groups is 2. The smallest absolute Gasteiger partial charge is 0.262 e. The highest BCUT2D eigenvalue weighted by molar-refractivity contribution is 6.05. The van der Waals surface area contributed by atoms with E-state index in [4.69, 9.17) is 19.3 Å². The highest BCUT2D eigenvalue weighted by atomic mass is 19.1. The van der Waals surface area contributed by atoms with Gasteiger partial charge in [-0.25, -0.2) is 13.8 Å². The first-order valence-corrected chi connectivity index (χ1v) is 14.1. The lowest BCUT2D eigenvalue weighted by Crippen LogP contribution is -2.46. The summed E-state index contributed by atoms with van der Waals surface area (Å²) in [7, 11) is 3.09. The van der Waals surface area contributed by atoms with E-state index >= 15 is 0 Å². The Kier molecular flexibility index (Phi) is 9.63. The number of hydrazone groups is 1. The molecule has 3 aromatic rings. The van der Waals surface area contributed by atoms with Gasteiger partial charge in [0.2, 0.25) is 0 Å². The number of halogens is 2. The molecule has 0 aliphatic carbocycles. The summed E-state index contributed by atoms with van der Waals surface area (Å²) < 4.78 is 44.8. The van der Waals surface area contributed by atoms with E-state index in [-0.39, 0.29) is 18.7 Å². The van der Waals surface area contributed by atoms with Crippen molar-refractivity contribution >= 4 is 17.5 Å². The van der Waals surface area contributed by atoms with E-state index in [1.54, 1.807) is 37.4 Å². The number of amides is 2. The van der Waals surface area contributed by atoms with Crippen molar-refractivity contribution in [3.8, 4) is 11.5 Å². The zero-order valence-electron chi connectivity index (χ0n) is 24.2. The fourth-order valence-electron chi connectivity index (χ4n) is 5.26. The number of hydrogen-bond acceptors (Lipinski definition) is 7. The quantitative estimate of drug-likeness (QED) is 0.352. The first-order valence-electron chi connectivity index (χ1n) is 14.1. The van der Waals surface area contributed by atoms with Crippen molar-refractivity contribution in [2.75, 3.05) is 60.2 Å². The Bertz CT molecular complexity index is 1480. The zero-order chi connectivity index (χ0) is 30.3. The molecule has 1 fully saturated rings. The highest BCUT2D eigenvalue weighted by Gasteiger charge is 2.36. The molecule has 2 amide bonds. The van der Waals surface area contributed by atoms with Crippen molar-refractivity contribution in [1.29, 1.82) is 0 Å². The summed E-state index contributed by atoms with van der Waals surface area (Å²) in [6.45, 7) is 2.94. The van der Waals surface area contributed by atoms with Crippen LogP contribution in [0.15, 0.2) is 71.8 Å². The van der Waals surface area contributed by atoms with E-state index in [2.05, 4.69) is 4.90 Å². The summed E-state index contributed by atoms with van der Waals surface area (Å²) in [6.07, 6.45) is 0.328.